The van der Waals surface area contributed by atoms with E-state index in [9.17, 15) is 14.9 Å². The molecular weight excluding hydrogens is 374 g/mol. The van der Waals surface area contributed by atoms with Crippen LogP contribution in [0.4, 0.5) is 5.69 Å². The average molecular weight is 398 g/mol. The summed E-state index contributed by atoms with van der Waals surface area (Å²) in [6.45, 7) is 9.27. The van der Waals surface area contributed by atoms with Gasteiger partial charge in [-0.05, 0) is 51.8 Å². The van der Waals surface area contributed by atoms with E-state index in [4.69, 9.17) is 4.74 Å². The second-order valence-electron chi connectivity index (χ2n) is 6.32. The number of anilines is 1. The Morgan fingerprint density at radius 3 is 2.50 bits per heavy atom. The minimum absolute atomic E-state index is 0.180. The van der Waals surface area contributed by atoms with E-state index < -0.39 is 11.2 Å². The lowest BCUT2D eigenvalue weighted by molar-refractivity contribution is -0.115. The molecule has 0 aliphatic carbocycles. The number of carbonyl (C=O) groups is 2. The van der Waals surface area contributed by atoms with Crippen LogP contribution in [0.3, 0.4) is 0 Å². The first-order chi connectivity index (χ1) is 13.3. The summed E-state index contributed by atoms with van der Waals surface area (Å²) in [5.74, 6) is -0.693. The number of aromatic nitrogens is 1. The van der Waals surface area contributed by atoms with Gasteiger partial charge in [-0.3, -0.25) is 4.79 Å². The lowest BCUT2D eigenvalue weighted by atomic mass is 10.1. The third kappa shape index (κ3) is 4.90. The van der Waals surface area contributed by atoms with E-state index in [2.05, 4.69) is 10.3 Å². The fraction of sp³-hybridized carbons (Fsp3) is 0.333. The molecule has 1 aromatic carbocycles. The van der Waals surface area contributed by atoms with Crippen LogP contribution in [0.5, 0.6) is 0 Å². The zero-order valence-electron chi connectivity index (χ0n) is 16.6. The normalized spacial score (nSPS) is 11.4. The van der Waals surface area contributed by atoms with Crippen molar-refractivity contribution in [3.63, 3.8) is 0 Å². The standard InChI is InChI=1S/C21H23N3O3S/c1-6-27-21(26)17-10-16(11-22)20(23-14(17)4)28-15(5)19(25)24-18-12(2)8-7-9-13(18)3/h7-10,15H,6H2,1-5H3,(H,24,25)/t15-/m1/s1. The Labute approximate surface area is 169 Å². The average Bonchev–Trinajstić information content (AvgIpc) is 2.65. The third-order valence-electron chi connectivity index (χ3n) is 4.18. The number of nitriles is 1. The molecule has 0 bridgehead atoms. The Morgan fingerprint density at radius 2 is 1.93 bits per heavy atom. The molecular formula is C21H23N3O3S. The summed E-state index contributed by atoms with van der Waals surface area (Å²) >= 11 is 1.18. The highest BCUT2D eigenvalue weighted by atomic mass is 32.2. The highest BCUT2D eigenvalue weighted by Crippen LogP contribution is 2.28. The van der Waals surface area contributed by atoms with Crippen LogP contribution in [0, 0.1) is 32.1 Å². The Balaban J connectivity index is 2.22. The second kappa shape index (κ2) is 9.38. The van der Waals surface area contributed by atoms with Crippen molar-refractivity contribution in [3.05, 3.63) is 52.2 Å². The summed E-state index contributed by atoms with van der Waals surface area (Å²) in [6.07, 6.45) is 0. The van der Waals surface area contributed by atoms with Crippen LogP contribution in [-0.4, -0.2) is 28.7 Å². The highest BCUT2D eigenvalue weighted by Gasteiger charge is 2.21. The molecule has 0 saturated carbocycles. The predicted molar refractivity (Wildman–Crippen MR) is 110 cm³/mol. The SMILES string of the molecule is CCOC(=O)c1cc(C#N)c(S[C@H](C)C(=O)Nc2c(C)cccc2C)nc1C. The zero-order chi connectivity index (χ0) is 20.8. The van der Waals surface area contributed by atoms with Crippen molar-refractivity contribution >= 4 is 29.3 Å². The molecule has 2 aromatic rings. The van der Waals surface area contributed by atoms with E-state index in [0.29, 0.717) is 10.7 Å². The first-order valence-electron chi connectivity index (χ1n) is 8.91. The quantitative estimate of drug-likeness (QED) is 0.581. The van der Waals surface area contributed by atoms with Gasteiger partial charge in [-0.15, -0.1) is 0 Å². The van der Waals surface area contributed by atoms with Gasteiger partial charge in [0.15, 0.2) is 0 Å². The molecule has 1 atom stereocenters. The van der Waals surface area contributed by atoms with Gasteiger partial charge in [0.1, 0.15) is 11.1 Å². The van der Waals surface area contributed by atoms with Crippen molar-refractivity contribution in [2.45, 2.75) is 44.9 Å². The Bertz CT molecular complexity index is 930. The monoisotopic (exact) mass is 397 g/mol. The number of thioether (sulfide) groups is 1. The number of esters is 1. The molecule has 1 aromatic heterocycles. The smallest absolute Gasteiger partial charge is 0.340 e. The van der Waals surface area contributed by atoms with Crippen molar-refractivity contribution in [1.82, 2.24) is 4.98 Å². The Kier molecular flexibility index (Phi) is 7.18. The molecule has 28 heavy (non-hydrogen) atoms. The third-order valence-corrected chi connectivity index (χ3v) is 5.28. The molecule has 6 nitrogen and oxygen atoms in total. The predicted octanol–water partition coefficient (Wildman–Crippen LogP) is 4.17. The number of carbonyl (C=O) groups excluding carboxylic acids is 2. The fourth-order valence-corrected chi connectivity index (χ4v) is 3.55. The lowest BCUT2D eigenvalue weighted by Gasteiger charge is -2.16. The number of hydrogen-bond acceptors (Lipinski definition) is 6. The van der Waals surface area contributed by atoms with Crippen molar-refractivity contribution in [3.8, 4) is 6.07 Å². The molecule has 0 saturated heterocycles. The van der Waals surface area contributed by atoms with E-state index in [1.165, 1.54) is 17.8 Å². The largest absolute Gasteiger partial charge is 0.462 e. The molecule has 0 fully saturated rings. The lowest BCUT2D eigenvalue weighted by Crippen LogP contribution is -2.23. The van der Waals surface area contributed by atoms with E-state index in [-0.39, 0.29) is 23.6 Å². The van der Waals surface area contributed by atoms with Crippen molar-refractivity contribution in [2.75, 3.05) is 11.9 Å². The van der Waals surface area contributed by atoms with Crippen LogP contribution in [0.2, 0.25) is 0 Å². The number of hydrogen-bond donors (Lipinski definition) is 1. The van der Waals surface area contributed by atoms with E-state index in [1.54, 1.807) is 20.8 Å². The van der Waals surface area contributed by atoms with E-state index in [0.717, 1.165) is 16.8 Å². The minimum atomic E-state index is -0.513. The molecule has 2 rings (SSSR count). The number of nitrogens with one attached hydrogen (secondary N) is 1. The van der Waals surface area contributed by atoms with Crippen molar-refractivity contribution < 1.29 is 14.3 Å². The van der Waals surface area contributed by atoms with Gasteiger partial charge in [-0.2, -0.15) is 5.26 Å². The molecule has 1 heterocycles. The van der Waals surface area contributed by atoms with Crippen molar-refractivity contribution in [2.24, 2.45) is 0 Å². The first kappa shape index (κ1) is 21.5. The molecule has 0 aliphatic rings. The number of aryl methyl sites for hydroxylation is 3. The number of nitrogens with zero attached hydrogens (tertiary/aromatic N) is 2. The van der Waals surface area contributed by atoms with Crippen LogP contribution >= 0.6 is 11.8 Å². The minimum Gasteiger partial charge on any atom is -0.462 e. The summed E-state index contributed by atoms with van der Waals surface area (Å²) in [7, 11) is 0. The van der Waals surface area contributed by atoms with Gasteiger partial charge in [0.25, 0.3) is 0 Å². The number of rotatable bonds is 6. The van der Waals surface area contributed by atoms with Gasteiger partial charge in [0.2, 0.25) is 5.91 Å². The summed E-state index contributed by atoms with van der Waals surface area (Å²) in [6, 6.07) is 9.34. The molecule has 1 N–H and O–H groups in total. The molecule has 0 radical (unpaired) electrons. The molecule has 0 unspecified atom stereocenters. The maximum Gasteiger partial charge on any atom is 0.340 e. The van der Waals surface area contributed by atoms with Crippen LogP contribution in [0.25, 0.3) is 0 Å². The maximum absolute atomic E-state index is 12.6. The van der Waals surface area contributed by atoms with Crippen LogP contribution in [0.1, 0.15) is 46.6 Å². The summed E-state index contributed by atoms with van der Waals surface area (Å²) < 4.78 is 5.00. The van der Waals surface area contributed by atoms with Gasteiger partial charge in [0.05, 0.1) is 28.7 Å². The van der Waals surface area contributed by atoms with Crippen LogP contribution < -0.4 is 5.32 Å². The van der Waals surface area contributed by atoms with Crippen molar-refractivity contribution in [1.29, 1.82) is 5.26 Å². The number of amides is 1. The maximum atomic E-state index is 12.6. The van der Waals surface area contributed by atoms with Crippen LogP contribution in [-0.2, 0) is 9.53 Å². The summed E-state index contributed by atoms with van der Waals surface area (Å²) in [5.41, 5.74) is 3.72. The number of pyridine rings is 1. The first-order valence-corrected chi connectivity index (χ1v) is 9.79. The molecule has 0 spiro atoms. The van der Waals surface area contributed by atoms with E-state index >= 15 is 0 Å². The number of para-hydroxylation sites is 1. The Hall–Kier alpha value is -2.85. The van der Waals surface area contributed by atoms with Gasteiger partial charge in [-0.1, -0.05) is 30.0 Å². The Morgan fingerprint density at radius 1 is 1.29 bits per heavy atom. The highest BCUT2D eigenvalue weighted by molar-refractivity contribution is 8.00. The zero-order valence-corrected chi connectivity index (χ0v) is 17.4. The number of ether oxygens (including phenoxy) is 1. The molecule has 7 heteroatoms. The second-order valence-corrected chi connectivity index (χ2v) is 7.65. The topological polar surface area (TPSA) is 92.1 Å². The number of benzene rings is 1. The fourth-order valence-electron chi connectivity index (χ4n) is 2.63. The molecule has 146 valence electrons. The summed E-state index contributed by atoms with van der Waals surface area (Å²) in [4.78, 5) is 29.0. The molecule has 0 aliphatic heterocycles. The van der Waals surface area contributed by atoms with Crippen LogP contribution in [0.15, 0.2) is 29.3 Å². The van der Waals surface area contributed by atoms with Gasteiger partial charge < -0.3 is 10.1 Å². The van der Waals surface area contributed by atoms with Gasteiger partial charge in [-0.25, -0.2) is 9.78 Å². The van der Waals surface area contributed by atoms with Gasteiger partial charge in [0, 0.05) is 5.69 Å². The van der Waals surface area contributed by atoms with Gasteiger partial charge >= 0.3 is 5.97 Å². The van der Waals surface area contributed by atoms with E-state index in [1.807, 2.05) is 38.1 Å². The summed E-state index contributed by atoms with van der Waals surface area (Å²) in [5, 5.41) is 12.3. The molecule has 1 amide bonds.